The highest BCUT2D eigenvalue weighted by molar-refractivity contribution is 6.13. The van der Waals surface area contributed by atoms with Crippen molar-refractivity contribution < 1.29 is 0 Å². The Morgan fingerprint density at radius 3 is 1.48 bits per heavy atom. The topological polar surface area (TPSA) is 24.4 Å². The third-order valence-corrected chi connectivity index (χ3v) is 3.17. The van der Waals surface area contributed by atoms with Crippen LogP contribution in [0.1, 0.15) is 11.1 Å². The summed E-state index contributed by atoms with van der Waals surface area (Å²) in [4.78, 5) is 0. The monoisotopic (exact) mass is 272 g/mol. The van der Waals surface area contributed by atoms with Gasteiger partial charge in [0.25, 0.3) is 0 Å². The number of hydrogen-bond acceptors (Lipinski definition) is 2. The number of nitrogens with zero attached hydrogens (tertiary/aromatic N) is 1. The molecule has 0 saturated carbocycles. The average molecular weight is 272 g/mol. The van der Waals surface area contributed by atoms with Gasteiger partial charge in [-0.05, 0) is 12.1 Å². The Labute approximate surface area is 124 Å². The van der Waals surface area contributed by atoms with Gasteiger partial charge in [-0.3, -0.25) is 5.43 Å². The van der Waals surface area contributed by atoms with E-state index in [1.54, 1.807) is 0 Å². The van der Waals surface area contributed by atoms with Crippen molar-refractivity contribution in [2.45, 2.75) is 0 Å². The first-order valence-electron chi connectivity index (χ1n) is 6.93. The van der Waals surface area contributed by atoms with Gasteiger partial charge in [-0.1, -0.05) is 78.9 Å². The average Bonchev–Trinajstić information content (AvgIpc) is 2.58. The van der Waals surface area contributed by atoms with Crippen molar-refractivity contribution in [3.8, 4) is 0 Å². The number of nitrogens with one attached hydrogen (secondary N) is 1. The lowest BCUT2D eigenvalue weighted by Gasteiger charge is -2.08. The Balaban J connectivity index is 1.97. The highest BCUT2D eigenvalue weighted by Crippen LogP contribution is 2.12. The van der Waals surface area contributed by atoms with Crippen molar-refractivity contribution in [3.63, 3.8) is 0 Å². The van der Waals surface area contributed by atoms with Crippen molar-refractivity contribution >= 4 is 11.4 Å². The fourth-order valence-electron chi connectivity index (χ4n) is 2.12. The van der Waals surface area contributed by atoms with Gasteiger partial charge in [0, 0.05) is 11.1 Å². The minimum atomic E-state index is 0.931. The summed E-state index contributed by atoms with van der Waals surface area (Å²) in [6.07, 6.45) is 0. The van der Waals surface area contributed by atoms with Crippen LogP contribution in [-0.4, -0.2) is 5.71 Å². The van der Waals surface area contributed by atoms with Crippen LogP contribution in [0.4, 0.5) is 5.69 Å². The van der Waals surface area contributed by atoms with Gasteiger partial charge in [-0.2, -0.15) is 5.10 Å². The van der Waals surface area contributed by atoms with Crippen LogP contribution in [0.15, 0.2) is 96.1 Å². The molecule has 0 bridgehead atoms. The maximum atomic E-state index is 4.60. The van der Waals surface area contributed by atoms with Gasteiger partial charge in [0.15, 0.2) is 0 Å². The first-order chi connectivity index (χ1) is 10.4. The number of hydrogen-bond donors (Lipinski definition) is 1. The molecule has 0 radical (unpaired) electrons. The van der Waals surface area contributed by atoms with E-state index in [4.69, 9.17) is 0 Å². The van der Waals surface area contributed by atoms with Crippen LogP contribution in [0.5, 0.6) is 0 Å². The van der Waals surface area contributed by atoms with E-state index in [1.165, 1.54) is 0 Å². The molecule has 0 spiro atoms. The van der Waals surface area contributed by atoms with Gasteiger partial charge in [0.1, 0.15) is 0 Å². The highest BCUT2D eigenvalue weighted by Gasteiger charge is 2.06. The number of anilines is 1. The zero-order chi connectivity index (χ0) is 14.3. The molecule has 21 heavy (non-hydrogen) atoms. The maximum absolute atomic E-state index is 4.60. The van der Waals surface area contributed by atoms with Crippen LogP contribution in [0.2, 0.25) is 0 Å². The summed E-state index contributed by atoms with van der Waals surface area (Å²) in [5, 5.41) is 4.60. The standard InChI is InChI=1S/C19H16N2/c1-4-10-16(11-5-1)19(17-12-6-2-7-13-17)21-20-18-14-8-3-9-15-18/h1-15,20H. The number of benzene rings is 3. The predicted octanol–water partition coefficient (Wildman–Crippen LogP) is 4.55. The molecule has 0 aliphatic rings. The van der Waals surface area contributed by atoms with E-state index < -0.39 is 0 Å². The Kier molecular flexibility index (Phi) is 4.08. The van der Waals surface area contributed by atoms with E-state index in [0.717, 1.165) is 22.5 Å². The second-order valence-electron chi connectivity index (χ2n) is 4.67. The number of rotatable bonds is 4. The SMILES string of the molecule is c1ccc(NN=C(c2ccccc2)c2ccccc2)cc1. The van der Waals surface area contributed by atoms with Crippen molar-refractivity contribution in [1.82, 2.24) is 0 Å². The first kappa shape index (κ1) is 13.1. The molecule has 0 amide bonds. The van der Waals surface area contributed by atoms with Crippen molar-refractivity contribution in [2.75, 3.05) is 5.43 Å². The molecule has 0 unspecified atom stereocenters. The van der Waals surface area contributed by atoms with Gasteiger partial charge in [-0.25, -0.2) is 0 Å². The third kappa shape index (κ3) is 3.37. The molecule has 0 aliphatic heterocycles. The van der Waals surface area contributed by atoms with Gasteiger partial charge >= 0.3 is 0 Å². The molecule has 3 aromatic rings. The summed E-state index contributed by atoms with van der Waals surface area (Å²) >= 11 is 0. The third-order valence-electron chi connectivity index (χ3n) is 3.17. The summed E-state index contributed by atoms with van der Waals surface area (Å²) in [6.45, 7) is 0. The maximum Gasteiger partial charge on any atom is 0.0977 e. The predicted molar refractivity (Wildman–Crippen MR) is 88.6 cm³/mol. The quantitative estimate of drug-likeness (QED) is 0.547. The molecule has 0 heterocycles. The van der Waals surface area contributed by atoms with Crippen LogP contribution in [0, 0.1) is 0 Å². The van der Waals surface area contributed by atoms with E-state index in [1.807, 2.05) is 66.7 Å². The van der Waals surface area contributed by atoms with E-state index in [9.17, 15) is 0 Å². The van der Waals surface area contributed by atoms with Crippen LogP contribution in [-0.2, 0) is 0 Å². The molecule has 0 aromatic heterocycles. The molecule has 2 heteroatoms. The molecule has 2 nitrogen and oxygen atoms in total. The lowest BCUT2D eigenvalue weighted by molar-refractivity contribution is 1.32. The van der Waals surface area contributed by atoms with Crippen LogP contribution < -0.4 is 5.43 Å². The van der Waals surface area contributed by atoms with Gasteiger partial charge in [0.05, 0.1) is 11.4 Å². The molecular weight excluding hydrogens is 256 g/mol. The lowest BCUT2D eigenvalue weighted by Crippen LogP contribution is -2.06. The van der Waals surface area contributed by atoms with Crippen molar-refractivity contribution in [1.29, 1.82) is 0 Å². The van der Waals surface area contributed by atoms with E-state index in [0.29, 0.717) is 0 Å². The van der Waals surface area contributed by atoms with E-state index >= 15 is 0 Å². The Bertz CT molecular complexity index is 663. The second kappa shape index (κ2) is 6.53. The van der Waals surface area contributed by atoms with E-state index in [2.05, 4.69) is 34.8 Å². The molecule has 0 aliphatic carbocycles. The van der Waals surface area contributed by atoms with Gasteiger partial charge in [0.2, 0.25) is 0 Å². The van der Waals surface area contributed by atoms with Crippen molar-refractivity contribution in [2.24, 2.45) is 5.10 Å². The molecule has 0 atom stereocenters. The van der Waals surface area contributed by atoms with Crippen LogP contribution in [0.3, 0.4) is 0 Å². The normalized spacial score (nSPS) is 9.90. The molecule has 3 rings (SSSR count). The zero-order valence-electron chi connectivity index (χ0n) is 11.6. The Morgan fingerprint density at radius 1 is 0.571 bits per heavy atom. The molecular formula is C19H16N2. The molecule has 0 saturated heterocycles. The number of para-hydroxylation sites is 1. The molecule has 3 aromatic carbocycles. The highest BCUT2D eigenvalue weighted by atomic mass is 15.3. The summed E-state index contributed by atoms with van der Waals surface area (Å²) < 4.78 is 0. The Morgan fingerprint density at radius 2 is 1.00 bits per heavy atom. The molecule has 0 fully saturated rings. The summed E-state index contributed by atoms with van der Waals surface area (Å²) in [5.74, 6) is 0. The van der Waals surface area contributed by atoms with Crippen LogP contribution >= 0.6 is 0 Å². The molecule has 1 N–H and O–H groups in total. The summed E-state index contributed by atoms with van der Waals surface area (Å²) in [7, 11) is 0. The lowest BCUT2D eigenvalue weighted by atomic mass is 10.0. The van der Waals surface area contributed by atoms with Crippen molar-refractivity contribution in [3.05, 3.63) is 102 Å². The fourth-order valence-corrected chi connectivity index (χ4v) is 2.12. The van der Waals surface area contributed by atoms with Gasteiger partial charge in [-0.15, -0.1) is 0 Å². The summed E-state index contributed by atoms with van der Waals surface area (Å²) in [5.41, 5.74) is 7.21. The fraction of sp³-hybridized carbons (Fsp3) is 0. The first-order valence-corrected chi connectivity index (χ1v) is 6.93. The van der Waals surface area contributed by atoms with Crippen LogP contribution in [0.25, 0.3) is 0 Å². The van der Waals surface area contributed by atoms with Gasteiger partial charge < -0.3 is 0 Å². The smallest absolute Gasteiger partial charge is 0.0977 e. The largest absolute Gasteiger partial charge is 0.278 e. The van der Waals surface area contributed by atoms with E-state index in [-0.39, 0.29) is 0 Å². The zero-order valence-corrected chi connectivity index (χ0v) is 11.6. The minimum Gasteiger partial charge on any atom is -0.278 e. The Hall–Kier alpha value is -2.87. The number of hydrazone groups is 1. The minimum absolute atomic E-state index is 0.931. The second-order valence-corrected chi connectivity index (χ2v) is 4.67. The summed E-state index contributed by atoms with van der Waals surface area (Å²) in [6, 6.07) is 30.4. The molecule has 102 valence electrons.